The van der Waals surface area contributed by atoms with Crippen LogP contribution in [-0.2, 0) is 20.8 Å². The summed E-state index contributed by atoms with van der Waals surface area (Å²) >= 11 is 0. The van der Waals surface area contributed by atoms with Crippen molar-refractivity contribution >= 4 is 26.5 Å². The Morgan fingerprint density at radius 2 is 2.10 bits per heavy atom. The first kappa shape index (κ1) is 16.5. The van der Waals surface area contributed by atoms with Gasteiger partial charge in [0.1, 0.15) is 0 Å². The van der Waals surface area contributed by atoms with Crippen LogP contribution in [0.25, 0.3) is 0 Å². The van der Waals surface area contributed by atoms with Gasteiger partial charge in [-0.2, -0.15) is 0 Å². The number of benzene rings is 1. The summed E-state index contributed by atoms with van der Waals surface area (Å²) in [5.41, 5.74) is -0.694. The van der Waals surface area contributed by atoms with E-state index in [0.29, 0.717) is 0 Å². The molecular formula is C10H14N2O6S2. The van der Waals surface area contributed by atoms with Crippen LogP contribution in [0.5, 0.6) is 5.75 Å². The lowest BCUT2D eigenvalue weighted by atomic mass is 10.3. The monoisotopic (exact) mass is 322 g/mol. The van der Waals surface area contributed by atoms with Gasteiger partial charge in [-0.25, -0.2) is 13.1 Å². The van der Waals surface area contributed by atoms with Crippen molar-refractivity contribution in [3.63, 3.8) is 0 Å². The van der Waals surface area contributed by atoms with Crippen molar-refractivity contribution in [2.45, 2.75) is 17.1 Å². The van der Waals surface area contributed by atoms with Gasteiger partial charge in [-0.3, -0.25) is 14.3 Å². The first-order valence-corrected chi connectivity index (χ1v) is 8.55. The number of phenols is 1. The highest BCUT2D eigenvalue weighted by atomic mass is 32.2. The van der Waals surface area contributed by atoms with Crippen LogP contribution >= 0.6 is 0 Å². The summed E-state index contributed by atoms with van der Waals surface area (Å²) in [7, 11) is -5.15. The fourth-order valence-electron chi connectivity index (χ4n) is 1.24. The highest BCUT2D eigenvalue weighted by molar-refractivity contribution is 7.89. The van der Waals surface area contributed by atoms with E-state index in [-0.39, 0.29) is 11.4 Å². The van der Waals surface area contributed by atoms with Crippen LogP contribution in [0.3, 0.4) is 0 Å². The number of sulfonamides is 1. The second-order valence-corrected chi connectivity index (χ2v) is 7.64. The number of nitro groups is 1. The van der Waals surface area contributed by atoms with Crippen LogP contribution in [0, 0.1) is 10.1 Å². The fourth-order valence-corrected chi connectivity index (χ4v) is 2.82. The maximum atomic E-state index is 11.9. The van der Waals surface area contributed by atoms with E-state index in [0.717, 1.165) is 18.2 Å². The number of aromatic hydroxyl groups is 1. The summed E-state index contributed by atoms with van der Waals surface area (Å²) in [6.07, 6.45) is 1.45. The van der Waals surface area contributed by atoms with Crippen molar-refractivity contribution in [3.05, 3.63) is 28.3 Å². The van der Waals surface area contributed by atoms with Crippen molar-refractivity contribution in [2.24, 2.45) is 0 Å². The van der Waals surface area contributed by atoms with Crippen molar-refractivity contribution < 1.29 is 22.7 Å². The molecule has 112 valence electrons. The molecule has 0 spiro atoms. The maximum Gasteiger partial charge on any atom is 0.312 e. The highest BCUT2D eigenvalue weighted by Gasteiger charge is 2.21. The molecule has 0 radical (unpaired) electrons. The maximum absolute atomic E-state index is 11.9. The minimum absolute atomic E-state index is 0.0554. The van der Waals surface area contributed by atoms with Gasteiger partial charge in [-0.15, -0.1) is 0 Å². The van der Waals surface area contributed by atoms with E-state index in [2.05, 4.69) is 4.72 Å². The number of nitro benzene ring substituents is 1. The zero-order valence-corrected chi connectivity index (χ0v) is 12.4. The number of phenolic OH excluding ortho intramolecular Hbond substituents is 1. The molecular weight excluding hydrogens is 308 g/mol. The highest BCUT2D eigenvalue weighted by Crippen LogP contribution is 2.28. The van der Waals surface area contributed by atoms with E-state index in [9.17, 15) is 27.8 Å². The second kappa shape index (κ2) is 6.29. The van der Waals surface area contributed by atoms with Gasteiger partial charge in [0.05, 0.1) is 9.82 Å². The predicted molar refractivity (Wildman–Crippen MR) is 73.5 cm³/mol. The van der Waals surface area contributed by atoms with Crippen LogP contribution in [0.15, 0.2) is 23.1 Å². The lowest BCUT2D eigenvalue weighted by molar-refractivity contribution is -0.386. The van der Waals surface area contributed by atoms with Crippen molar-refractivity contribution in [2.75, 3.05) is 12.8 Å². The van der Waals surface area contributed by atoms with Crippen LogP contribution in [0.2, 0.25) is 0 Å². The first-order valence-electron chi connectivity index (χ1n) is 5.44. The summed E-state index contributed by atoms with van der Waals surface area (Å²) in [5, 5.41) is 19.5. The molecule has 0 aliphatic heterocycles. The summed E-state index contributed by atoms with van der Waals surface area (Å²) in [6.45, 7) is 1.55. The molecule has 2 unspecified atom stereocenters. The smallest absolute Gasteiger partial charge is 0.312 e. The molecule has 2 atom stereocenters. The third kappa shape index (κ3) is 3.99. The minimum Gasteiger partial charge on any atom is -0.502 e. The Labute approximate surface area is 118 Å². The lowest BCUT2D eigenvalue weighted by Gasteiger charge is -2.10. The number of nitrogens with one attached hydrogen (secondary N) is 1. The molecule has 0 aromatic heterocycles. The predicted octanol–water partition coefficient (Wildman–Crippen LogP) is 0.346. The number of hydrogen-bond donors (Lipinski definition) is 2. The molecule has 2 N–H and O–H groups in total. The van der Waals surface area contributed by atoms with Crippen molar-refractivity contribution in [3.8, 4) is 5.75 Å². The SMILES string of the molecule is CC(CNS(=O)(=O)c1ccc(O)c([N+](=O)[O-])c1)S(C)=O. The molecule has 0 aliphatic carbocycles. The molecule has 0 fully saturated rings. The summed E-state index contributed by atoms with van der Waals surface area (Å²) < 4.78 is 37.2. The topological polar surface area (TPSA) is 127 Å². The molecule has 1 aromatic carbocycles. The van der Waals surface area contributed by atoms with E-state index in [1.807, 2.05) is 0 Å². The Morgan fingerprint density at radius 3 is 2.60 bits per heavy atom. The Kier molecular flexibility index (Phi) is 5.20. The van der Waals surface area contributed by atoms with E-state index in [1.54, 1.807) is 6.92 Å². The molecule has 20 heavy (non-hydrogen) atoms. The van der Waals surface area contributed by atoms with E-state index < -0.39 is 42.4 Å². The van der Waals surface area contributed by atoms with Crippen LogP contribution in [0.4, 0.5) is 5.69 Å². The normalized spacial score (nSPS) is 14.7. The van der Waals surface area contributed by atoms with Gasteiger partial charge in [0, 0.05) is 34.9 Å². The van der Waals surface area contributed by atoms with Crippen molar-refractivity contribution in [1.82, 2.24) is 4.72 Å². The van der Waals surface area contributed by atoms with Crippen LogP contribution in [0.1, 0.15) is 6.92 Å². The summed E-state index contributed by atoms with van der Waals surface area (Å²) in [4.78, 5) is 9.43. The van der Waals surface area contributed by atoms with Gasteiger partial charge < -0.3 is 5.11 Å². The average molecular weight is 322 g/mol. The molecule has 8 nitrogen and oxygen atoms in total. The van der Waals surface area contributed by atoms with Gasteiger partial charge >= 0.3 is 5.69 Å². The fraction of sp³-hybridized carbons (Fsp3) is 0.400. The minimum atomic E-state index is -3.96. The molecule has 1 rings (SSSR count). The molecule has 1 aromatic rings. The molecule has 10 heteroatoms. The Balaban J connectivity index is 3.01. The first-order chi connectivity index (χ1) is 9.15. The van der Waals surface area contributed by atoms with Gasteiger partial charge in [0.15, 0.2) is 5.75 Å². The standard InChI is InChI=1S/C10H14N2O6S2/c1-7(19(2)16)6-11-20(17,18)8-3-4-10(13)9(5-8)12(14)15/h3-5,7,11,13H,6H2,1-2H3. The summed E-state index contributed by atoms with van der Waals surface area (Å²) in [6, 6.07) is 2.76. The van der Waals surface area contributed by atoms with Gasteiger partial charge in [-0.1, -0.05) is 0 Å². The Hall–Kier alpha value is -1.52. The van der Waals surface area contributed by atoms with Gasteiger partial charge in [0.25, 0.3) is 0 Å². The third-order valence-corrected chi connectivity index (χ3v) is 5.30. The Morgan fingerprint density at radius 1 is 1.50 bits per heavy atom. The van der Waals surface area contributed by atoms with Crippen molar-refractivity contribution in [1.29, 1.82) is 0 Å². The summed E-state index contributed by atoms with van der Waals surface area (Å²) in [5.74, 6) is -0.614. The quantitative estimate of drug-likeness (QED) is 0.574. The van der Waals surface area contributed by atoms with Gasteiger partial charge in [0.2, 0.25) is 10.0 Å². The van der Waals surface area contributed by atoms with Crippen LogP contribution in [-0.4, -0.2) is 40.7 Å². The number of rotatable bonds is 6. The van der Waals surface area contributed by atoms with E-state index in [4.69, 9.17) is 0 Å². The number of nitrogens with zero attached hydrogens (tertiary/aromatic N) is 1. The molecule has 0 heterocycles. The lowest BCUT2D eigenvalue weighted by Crippen LogP contribution is -2.32. The molecule has 0 saturated carbocycles. The Bertz CT molecular complexity index is 643. The molecule has 0 saturated heterocycles. The van der Waals surface area contributed by atoms with Gasteiger partial charge in [-0.05, 0) is 19.1 Å². The van der Waals surface area contributed by atoms with E-state index in [1.165, 1.54) is 6.26 Å². The third-order valence-electron chi connectivity index (χ3n) is 2.58. The average Bonchev–Trinajstić information content (AvgIpc) is 2.35. The zero-order chi connectivity index (χ0) is 15.5. The largest absolute Gasteiger partial charge is 0.502 e. The molecule has 0 bridgehead atoms. The van der Waals surface area contributed by atoms with E-state index >= 15 is 0 Å². The second-order valence-electron chi connectivity index (χ2n) is 4.07. The molecule has 0 aliphatic rings. The van der Waals surface area contributed by atoms with Crippen LogP contribution < -0.4 is 4.72 Å². The zero-order valence-electron chi connectivity index (χ0n) is 10.8. The molecule has 0 amide bonds. The number of hydrogen-bond acceptors (Lipinski definition) is 6.